The molecule has 0 N–H and O–H groups in total. The Bertz CT molecular complexity index is 1050. The number of carbonyl (C=O) groups is 1. The molecule has 0 bridgehead atoms. The molecule has 6 nitrogen and oxygen atoms in total. The molecule has 9 heteroatoms. The summed E-state index contributed by atoms with van der Waals surface area (Å²) in [5.74, 6) is 1.97. The van der Waals surface area contributed by atoms with Crippen LogP contribution >= 0.6 is 35.0 Å². The Balaban J connectivity index is 1.59. The molecule has 2 aromatic carbocycles. The summed E-state index contributed by atoms with van der Waals surface area (Å²) in [6.07, 6.45) is 0.720. The fourth-order valence-electron chi connectivity index (χ4n) is 3.58. The minimum atomic E-state index is -0.797. The monoisotopic (exact) mass is 464 g/mol. The van der Waals surface area contributed by atoms with Gasteiger partial charge in [0.05, 0.1) is 16.2 Å². The van der Waals surface area contributed by atoms with Gasteiger partial charge in [0, 0.05) is 40.1 Å². The lowest BCUT2D eigenvalue weighted by Gasteiger charge is -2.23. The quantitative estimate of drug-likeness (QED) is 0.303. The van der Waals surface area contributed by atoms with E-state index in [1.54, 1.807) is 36.0 Å². The zero-order valence-electron chi connectivity index (χ0n) is 16.1. The molecule has 2 heterocycles. The zero-order chi connectivity index (χ0) is 21.5. The number of ketones is 1. The van der Waals surface area contributed by atoms with Crippen molar-refractivity contribution in [2.75, 3.05) is 11.5 Å². The maximum Gasteiger partial charge on any atom is 0.280 e. The molecule has 1 saturated heterocycles. The van der Waals surface area contributed by atoms with Gasteiger partial charge in [0.15, 0.2) is 11.4 Å². The number of hydrogen-bond acceptors (Lipinski definition) is 6. The van der Waals surface area contributed by atoms with Gasteiger partial charge in [-0.25, -0.2) is 0 Å². The molecule has 1 fully saturated rings. The first kappa shape index (κ1) is 21.2. The Morgan fingerprint density at radius 3 is 2.57 bits per heavy atom. The molecular weight excluding hydrogens is 447 g/mol. The number of oxime groups is 1. The van der Waals surface area contributed by atoms with Crippen molar-refractivity contribution >= 4 is 52.1 Å². The van der Waals surface area contributed by atoms with Crippen LogP contribution in [0.4, 0.5) is 5.69 Å². The summed E-state index contributed by atoms with van der Waals surface area (Å²) in [6.45, 7) is 1.86. The molecule has 30 heavy (non-hydrogen) atoms. The fourth-order valence-corrected chi connectivity index (χ4v) is 4.91. The average molecular weight is 465 g/mol. The summed E-state index contributed by atoms with van der Waals surface area (Å²) in [4.78, 5) is 29.4. The van der Waals surface area contributed by atoms with E-state index in [4.69, 9.17) is 28.0 Å². The number of Topliss-reactive ketones (excluding diaryl/α,β-unsaturated/α-hetero) is 1. The summed E-state index contributed by atoms with van der Waals surface area (Å²) in [7, 11) is 0. The van der Waals surface area contributed by atoms with E-state index < -0.39 is 10.5 Å². The minimum absolute atomic E-state index is 0.143. The van der Waals surface area contributed by atoms with Crippen molar-refractivity contribution in [3.8, 4) is 0 Å². The van der Waals surface area contributed by atoms with E-state index in [0.717, 1.165) is 17.1 Å². The summed E-state index contributed by atoms with van der Waals surface area (Å²) in [5.41, 5.74) is 1.02. The third-order valence-electron chi connectivity index (χ3n) is 5.34. The first-order valence-corrected chi connectivity index (χ1v) is 11.3. The molecular formula is C21H18Cl2N2O4S. The zero-order valence-corrected chi connectivity index (χ0v) is 18.4. The molecule has 2 aliphatic rings. The number of hydrogen-bond donors (Lipinski definition) is 0. The van der Waals surface area contributed by atoms with Gasteiger partial charge in [-0.2, -0.15) is 11.8 Å². The molecule has 1 unspecified atom stereocenters. The molecule has 0 amide bonds. The van der Waals surface area contributed by atoms with E-state index in [0.29, 0.717) is 40.1 Å². The molecule has 1 atom stereocenters. The van der Waals surface area contributed by atoms with Crippen molar-refractivity contribution < 1.29 is 14.6 Å². The predicted molar refractivity (Wildman–Crippen MR) is 119 cm³/mol. The van der Waals surface area contributed by atoms with Gasteiger partial charge < -0.3 is 4.84 Å². The highest BCUT2D eigenvalue weighted by molar-refractivity contribution is 8.00. The summed E-state index contributed by atoms with van der Waals surface area (Å²) < 4.78 is 0. The highest BCUT2D eigenvalue weighted by Gasteiger charge is 2.38. The van der Waals surface area contributed by atoms with Gasteiger partial charge in [0.25, 0.3) is 5.69 Å². The molecule has 4 rings (SSSR count). The van der Waals surface area contributed by atoms with Gasteiger partial charge in [-0.1, -0.05) is 34.4 Å². The SMILES string of the molecule is CC1(c2cc(Cl)cc(Cl)c2)CC(c2ccc(C(=O)CC3CSC3)c([N+](=O)[O-])c2)=NO1. The van der Waals surface area contributed by atoms with Crippen molar-refractivity contribution in [2.45, 2.75) is 25.4 Å². The number of carbonyl (C=O) groups excluding carboxylic acids is 1. The Hall–Kier alpha value is -2.09. The third-order valence-corrected chi connectivity index (χ3v) is 7.20. The topological polar surface area (TPSA) is 81.8 Å². The molecule has 2 aliphatic heterocycles. The Labute approximate surface area is 187 Å². The second-order valence-corrected chi connectivity index (χ2v) is 9.66. The lowest BCUT2D eigenvalue weighted by molar-refractivity contribution is -0.385. The highest BCUT2D eigenvalue weighted by Crippen LogP contribution is 2.39. The Morgan fingerprint density at radius 2 is 1.97 bits per heavy atom. The smallest absolute Gasteiger partial charge is 0.280 e. The normalized spacial score (nSPS) is 21.0. The van der Waals surface area contributed by atoms with Crippen LogP contribution in [0.3, 0.4) is 0 Å². The number of halogens is 2. The van der Waals surface area contributed by atoms with Crippen molar-refractivity contribution in [1.29, 1.82) is 0 Å². The second-order valence-electron chi connectivity index (χ2n) is 7.71. The van der Waals surface area contributed by atoms with Crippen LogP contribution in [0.25, 0.3) is 0 Å². The molecule has 0 saturated carbocycles. The molecule has 2 aromatic rings. The number of nitro benzene ring substituents is 1. The van der Waals surface area contributed by atoms with Gasteiger partial charge in [0.1, 0.15) is 0 Å². The highest BCUT2D eigenvalue weighted by atomic mass is 35.5. The number of nitro groups is 1. The van der Waals surface area contributed by atoms with Crippen LogP contribution in [-0.4, -0.2) is 27.9 Å². The maximum absolute atomic E-state index is 12.6. The second kappa shape index (κ2) is 8.21. The molecule has 156 valence electrons. The maximum atomic E-state index is 12.6. The third kappa shape index (κ3) is 4.19. The van der Waals surface area contributed by atoms with Crippen LogP contribution < -0.4 is 0 Å². The number of benzene rings is 2. The molecule has 0 spiro atoms. The van der Waals surface area contributed by atoms with Gasteiger partial charge in [-0.05, 0) is 48.6 Å². The number of rotatable bonds is 6. The van der Waals surface area contributed by atoms with Gasteiger partial charge in [-0.3, -0.25) is 14.9 Å². The van der Waals surface area contributed by atoms with E-state index in [1.165, 1.54) is 12.1 Å². The summed E-state index contributed by atoms with van der Waals surface area (Å²) in [6, 6.07) is 9.77. The minimum Gasteiger partial charge on any atom is -0.384 e. The van der Waals surface area contributed by atoms with E-state index in [9.17, 15) is 14.9 Å². The summed E-state index contributed by atoms with van der Waals surface area (Å²) >= 11 is 14.0. The first-order valence-electron chi connectivity index (χ1n) is 9.36. The predicted octanol–water partition coefficient (Wildman–Crippen LogP) is 5.88. The van der Waals surface area contributed by atoms with Crippen molar-refractivity contribution in [1.82, 2.24) is 0 Å². The van der Waals surface area contributed by atoms with Gasteiger partial charge in [0.2, 0.25) is 0 Å². The average Bonchev–Trinajstić information content (AvgIpc) is 3.07. The summed E-state index contributed by atoms with van der Waals surface area (Å²) in [5, 5.41) is 16.8. The van der Waals surface area contributed by atoms with Gasteiger partial charge >= 0.3 is 0 Å². The Morgan fingerprint density at radius 1 is 1.27 bits per heavy atom. The first-order chi connectivity index (χ1) is 14.2. The number of thioether (sulfide) groups is 1. The Kier molecular flexibility index (Phi) is 5.79. The number of nitrogens with zero attached hydrogens (tertiary/aromatic N) is 2. The van der Waals surface area contributed by atoms with Crippen LogP contribution in [0, 0.1) is 16.0 Å². The van der Waals surface area contributed by atoms with E-state index in [1.807, 2.05) is 6.92 Å². The standard InChI is InChI=1S/C21H18Cl2N2O4S/c1-21(14-6-15(22)8-16(23)7-14)9-18(24-29-21)13-2-3-17(19(5-13)25(27)28)20(26)4-12-10-30-11-12/h2-3,5-8,12H,4,9-11H2,1H3. The van der Waals surface area contributed by atoms with Crippen LogP contribution in [0.5, 0.6) is 0 Å². The van der Waals surface area contributed by atoms with Crippen molar-refractivity contribution in [2.24, 2.45) is 11.1 Å². The van der Waals surface area contributed by atoms with E-state index in [-0.39, 0.29) is 17.0 Å². The van der Waals surface area contributed by atoms with Gasteiger partial charge in [-0.15, -0.1) is 0 Å². The van der Waals surface area contributed by atoms with Crippen LogP contribution in [0.15, 0.2) is 41.6 Å². The van der Waals surface area contributed by atoms with Crippen molar-refractivity contribution in [3.63, 3.8) is 0 Å². The van der Waals surface area contributed by atoms with Crippen LogP contribution in [0.1, 0.15) is 41.3 Å². The van der Waals surface area contributed by atoms with E-state index >= 15 is 0 Å². The molecule has 0 aromatic heterocycles. The van der Waals surface area contributed by atoms with E-state index in [2.05, 4.69) is 5.16 Å². The van der Waals surface area contributed by atoms with Crippen LogP contribution in [-0.2, 0) is 10.4 Å². The lowest BCUT2D eigenvalue weighted by atomic mass is 9.88. The fraction of sp³-hybridized carbons (Fsp3) is 0.333. The largest absolute Gasteiger partial charge is 0.384 e. The lowest BCUT2D eigenvalue weighted by Crippen LogP contribution is -2.22. The molecule has 0 radical (unpaired) electrons. The van der Waals surface area contributed by atoms with Crippen molar-refractivity contribution in [3.05, 3.63) is 73.2 Å². The molecule has 0 aliphatic carbocycles. The van der Waals surface area contributed by atoms with Crippen LogP contribution in [0.2, 0.25) is 10.0 Å².